The molecule has 0 fully saturated rings. The fourth-order valence-corrected chi connectivity index (χ4v) is 3.86. The van der Waals surface area contributed by atoms with E-state index in [1.54, 1.807) is 25.3 Å². The zero-order chi connectivity index (χ0) is 19.4. The zero-order valence-corrected chi connectivity index (χ0v) is 16.0. The van der Waals surface area contributed by atoms with Crippen LogP contribution >= 0.6 is 23.1 Å². The summed E-state index contributed by atoms with van der Waals surface area (Å²) in [6.07, 6.45) is 0. The van der Waals surface area contributed by atoms with Crippen LogP contribution in [-0.2, 0) is 4.79 Å². The minimum atomic E-state index is -0.620. The summed E-state index contributed by atoms with van der Waals surface area (Å²) in [5.74, 6) is -1.14. The van der Waals surface area contributed by atoms with E-state index in [-0.39, 0.29) is 22.8 Å². The molecule has 26 heavy (non-hydrogen) atoms. The molecule has 0 aliphatic rings. The Kier molecular flexibility index (Phi) is 6.13. The van der Waals surface area contributed by atoms with E-state index in [1.807, 2.05) is 6.07 Å². The number of ketones is 1. The Morgan fingerprint density at radius 3 is 2.65 bits per heavy atom. The molecule has 2 rings (SSSR count). The van der Waals surface area contributed by atoms with Crippen LogP contribution in [-0.4, -0.2) is 27.8 Å². The first kappa shape index (κ1) is 19.6. The summed E-state index contributed by atoms with van der Waals surface area (Å²) >= 11 is 2.30. The summed E-state index contributed by atoms with van der Waals surface area (Å²) in [5, 5.41) is 13.8. The number of rotatable bonds is 6. The molecule has 0 bridgehead atoms. The molecule has 1 unspecified atom stereocenters. The van der Waals surface area contributed by atoms with Crippen LogP contribution in [0.1, 0.15) is 45.8 Å². The van der Waals surface area contributed by atoms with Gasteiger partial charge in [0.1, 0.15) is 16.1 Å². The number of primary amides is 1. The molecule has 0 aliphatic carbocycles. The molecule has 2 amide bonds. The van der Waals surface area contributed by atoms with Gasteiger partial charge in [0.15, 0.2) is 5.78 Å². The fraction of sp³-hybridized carbons (Fsp3) is 0.235. The second kappa shape index (κ2) is 8.12. The number of nitrogens with zero attached hydrogens (tertiary/aromatic N) is 2. The molecule has 0 spiro atoms. The topological polar surface area (TPSA) is 126 Å². The molecule has 0 saturated carbocycles. The number of amides is 2. The first-order valence-electron chi connectivity index (χ1n) is 7.52. The van der Waals surface area contributed by atoms with E-state index >= 15 is 0 Å². The normalized spacial score (nSPS) is 11.5. The second-order valence-electron chi connectivity index (χ2n) is 5.42. The molecule has 0 aliphatic heterocycles. The molecular weight excluding hydrogens is 372 g/mol. The summed E-state index contributed by atoms with van der Waals surface area (Å²) in [6.45, 7) is 4.75. The predicted molar refractivity (Wildman–Crippen MR) is 100 cm³/mol. The van der Waals surface area contributed by atoms with Gasteiger partial charge in [0.2, 0.25) is 5.91 Å². The van der Waals surface area contributed by atoms with Crippen molar-refractivity contribution in [3.63, 3.8) is 0 Å². The summed E-state index contributed by atoms with van der Waals surface area (Å²) in [7, 11) is 0. The Hall–Kier alpha value is -2.70. The smallest absolute Gasteiger partial charge is 0.251 e. The van der Waals surface area contributed by atoms with Crippen molar-refractivity contribution in [1.29, 1.82) is 5.26 Å². The lowest BCUT2D eigenvalue weighted by Gasteiger charge is -2.13. The molecule has 0 radical (unpaired) electrons. The Morgan fingerprint density at radius 1 is 1.38 bits per heavy atom. The molecule has 2 aromatic rings. The number of hydrogen-bond donors (Lipinski definition) is 2. The maximum atomic E-state index is 12.4. The highest BCUT2D eigenvalue weighted by atomic mass is 32.2. The number of nitrogens with two attached hydrogens (primary N) is 1. The number of pyridine rings is 1. The quantitative estimate of drug-likeness (QED) is 0.579. The van der Waals surface area contributed by atoms with E-state index < -0.39 is 11.2 Å². The first-order chi connectivity index (χ1) is 12.2. The minimum absolute atomic E-state index is 0.175. The minimum Gasteiger partial charge on any atom is -0.366 e. The van der Waals surface area contributed by atoms with Crippen LogP contribution in [0.15, 0.2) is 22.5 Å². The van der Waals surface area contributed by atoms with Gasteiger partial charge in [-0.1, -0.05) is 11.8 Å². The van der Waals surface area contributed by atoms with Crippen molar-refractivity contribution >= 4 is 45.7 Å². The Bertz CT molecular complexity index is 931. The van der Waals surface area contributed by atoms with Crippen LogP contribution in [0.2, 0.25) is 0 Å². The van der Waals surface area contributed by atoms with Crippen molar-refractivity contribution in [2.75, 3.05) is 5.32 Å². The molecule has 0 saturated heterocycles. The van der Waals surface area contributed by atoms with Gasteiger partial charge < -0.3 is 11.1 Å². The maximum Gasteiger partial charge on any atom is 0.251 e. The lowest BCUT2D eigenvalue weighted by molar-refractivity contribution is -0.115. The van der Waals surface area contributed by atoms with Gasteiger partial charge in [-0.3, -0.25) is 14.4 Å². The maximum absolute atomic E-state index is 12.4. The van der Waals surface area contributed by atoms with E-state index in [0.717, 1.165) is 11.8 Å². The van der Waals surface area contributed by atoms with Gasteiger partial charge in [-0.25, -0.2) is 4.98 Å². The number of aromatic nitrogens is 1. The van der Waals surface area contributed by atoms with Crippen molar-refractivity contribution in [1.82, 2.24) is 4.98 Å². The van der Waals surface area contributed by atoms with Gasteiger partial charge in [0.05, 0.1) is 16.4 Å². The largest absolute Gasteiger partial charge is 0.366 e. The van der Waals surface area contributed by atoms with Crippen LogP contribution in [0.3, 0.4) is 0 Å². The average molecular weight is 388 g/mol. The number of thioether (sulfide) groups is 1. The highest BCUT2D eigenvalue weighted by molar-refractivity contribution is 8.00. The van der Waals surface area contributed by atoms with Crippen molar-refractivity contribution in [2.24, 2.45) is 5.73 Å². The van der Waals surface area contributed by atoms with Crippen LogP contribution in [0, 0.1) is 18.3 Å². The molecular formula is C17H16N4O3S2. The summed E-state index contributed by atoms with van der Waals surface area (Å²) in [6, 6.07) is 5.04. The molecule has 3 N–H and O–H groups in total. The van der Waals surface area contributed by atoms with E-state index in [2.05, 4.69) is 10.3 Å². The number of hydrogen-bond acceptors (Lipinski definition) is 7. The molecule has 7 nitrogen and oxygen atoms in total. The Balaban J connectivity index is 2.20. The lowest BCUT2D eigenvalue weighted by atomic mass is 10.1. The van der Waals surface area contributed by atoms with Gasteiger partial charge >= 0.3 is 0 Å². The number of aryl methyl sites for hydroxylation is 1. The van der Waals surface area contributed by atoms with E-state index in [4.69, 9.17) is 5.73 Å². The third kappa shape index (κ3) is 4.28. The van der Waals surface area contributed by atoms with Crippen LogP contribution in [0.25, 0.3) is 0 Å². The van der Waals surface area contributed by atoms with Crippen molar-refractivity contribution < 1.29 is 14.4 Å². The standard InChI is InChI=1S/C17H16N4O3S2/c1-8-13(9(2)22)6-11(7-18)16(20-8)26-10(3)15(24)21-17-12(14(19)23)4-5-25-17/h4-6,10H,1-3H3,(H2,19,23)(H,21,24). The van der Waals surface area contributed by atoms with Gasteiger partial charge in [-0.05, 0) is 38.3 Å². The number of thiophene rings is 1. The highest BCUT2D eigenvalue weighted by Gasteiger charge is 2.21. The first-order valence-corrected chi connectivity index (χ1v) is 9.28. The predicted octanol–water partition coefficient (Wildman–Crippen LogP) is 2.74. The van der Waals surface area contributed by atoms with Crippen LogP contribution in [0.4, 0.5) is 5.00 Å². The SMILES string of the molecule is CC(=O)c1cc(C#N)c(SC(C)C(=O)Nc2sccc2C(N)=O)nc1C. The van der Waals surface area contributed by atoms with Gasteiger partial charge in [-0.15, -0.1) is 11.3 Å². The highest BCUT2D eigenvalue weighted by Crippen LogP contribution is 2.29. The number of carbonyl (C=O) groups is 3. The molecule has 134 valence electrons. The van der Waals surface area contributed by atoms with Gasteiger partial charge in [-0.2, -0.15) is 5.26 Å². The fourth-order valence-electron chi connectivity index (χ4n) is 2.14. The Morgan fingerprint density at radius 2 is 2.08 bits per heavy atom. The summed E-state index contributed by atoms with van der Waals surface area (Å²) in [5.41, 5.74) is 6.63. The third-order valence-electron chi connectivity index (χ3n) is 3.50. The number of Topliss-reactive ketones (excluding diaryl/α,β-unsaturated/α-hetero) is 1. The van der Waals surface area contributed by atoms with Gasteiger partial charge in [0, 0.05) is 11.3 Å². The number of nitrogens with one attached hydrogen (secondary N) is 1. The second-order valence-corrected chi connectivity index (χ2v) is 7.66. The van der Waals surface area contributed by atoms with E-state index in [9.17, 15) is 19.6 Å². The monoisotopic (exact) mass is 388 g/mol. The molecule has 2 aromatic heterocycles. The number of nitriles is 1. The summed E-state index contributed by atoms with van der Waals surface area (Å²) < 4.78 is 0. The molecule has 0 aromatic carbocycles. The lowest BCUT2D eigenvalue weighted by Crippen LogP contribution is -2.24. The van der Waals surface area contributed by atoms with Crippen molar-refractivity contribution in [2.45, 2.75) is 31.0 Å². The van der Waals surface area contributed by atoms with E-state index in [1.165, 1.54) is 24.3 Å². The zero-order valence-electron chi connectivity index (χ0n) is 14.3. The number of anilines is 1. The van der Waals surface area contributed by atoms with E-state index in [0.29, 0.717) is 21.3 Å². The van der Waals surface area contributed by atoms with Crippen molar-refractivity contribution in [3.05, 3.63) is 39.9 Å². The van der Waals surface area contributed by atoms with Crippen LogP contribution < -0.4 is 11.1 Å². The molecule has 2 heterocycles. The van der Waals surface area contributed by atoms with Gasteiger partial charge in [0.25, 0.3) is 5.91 Å². The van der Waals surface area contributed by atoms with Crippen molar-refractivity contribution in [3.8, 4) is 6.07 Å². The summed E-state index contributed by atoms with van der Waals surface area (Å²) in [4.78, 5) is 39.6. The molecule has 1 atom stereocenters. The average Bonchev–Trinajstić information content (AvgIpc) is 3.03. The third-order valence-corrected chi connectivity index (χ3v) is 5.43. The van der Waals surface area contributed by atoms with Crippen LogP contribution in [0.5, 0.6) is 0 Å². The molecule has 9 heteroatoms. The number of carbonyl (C=O) groups excluding carboxylic acids is 3. The Labute approximate surface area is 158 Å².